The third kappa shape index (κ3) is 4.60. The molecule has 7 nitrogen and oxygen atoms in total. The van der Waals surface area contributed by atoms with Crippen molar-refractivity contribution in [2.24, 2.45) is 5.41 Å². The molecule has 7 heteroatoms. The summed E-state index contributed by atoms with van der Waals surface area (Å²) in [5.74, 6) is 0.136. The van der Waals surface area contributed by atoms with Crippen molar-refractivity contribution in [3.8, 4) is 5.69 Å². The Morgan fingerprint density at radius 3 is 2.17 bits per heavy atom. The van der Waals surface area contributed by atoms with Gasteiger partial charge >= 0.3 is 6.03 Å². The van der Waals surface area contributed by atoms with Gasteiger partial charge < -0.3 is 15.1 Å². The molecule has 1 aliphatic rings. The number of urea groups is 1. The summed E-state index contributed by atoms with van der Waals surface area (Å²) < 4.78 is 1.91. The van der Waals surface area contributed by atoms with Crippen molar-refractivity contribution in [1.29, 1.82) is 0 Å². The number of amides is 3. The summed E-state index contributed by atoms with van der Waals surface area (Å²) in [6, 6.07) is 9.87. The SMILES string of the molecule is Cc1nn(-c2ccccc2)c(C)c1CNC(=O)N1CCN(C(=O)C(C)(C)C)CC1. The first-order valence-corrected chi connectivity index (χ1v) is 10.1. The van der Waals surface area contributed by atoms with Crippen LogP contribution in [0.4, 0.5) is 4.79 Å². The molecule has 3 amide bonds. The van der Waals surface area contributed by atoms with Crippen LogP contribution in [-0.2, 0) is 11.3 Å². The van der Waals surface area contributed by atoms with Crippen LogP contribution in [0.15, 0.2) is 30.3 Å². The molecule has 1 aromatic heterocycles. The molecule has 0 saturated carbocycles. The maximum atomic E-state index is 12.6. The van der Waals surface area contributed by atoms with Crippen LogP contribution >= 0.6 is 0 Å². The van der Waals surface area contributed by atoms with Crippen LogP contribution in [0.2, 0.25) is 0 Å². The zero-order valence-electron chi connectivity index (χ0n) is 18.0. The number of hydrogen-bond donors (Lipinski definition) is 1. The lowest BCUT2D eigenvalue weighted by Crippen LogP contribution is -2.54. The Morgan fingerprint density at radius 1 is 1.00 bits per heavy atom. The first kappa shape index (κ1) is 20.9. The van der Waals surface area contributed by atoms with Gasteiger partial charge in [0.25, 0.3) is 0 Å². The largest absolute Gasteiger partial charge is 0.339 e. The molecule has 156 valence electrons. The maximum Gasteiger partial charge on any atom is 0.317 e. The van der Waals surface area contributed by atoms with E-state index in [-0.39, 0.29) is 11.9 Å². The first-order valence-electron chi connectivity index (χ1n) is 10.1. The summed E-state index contributed by atoms with van der Waals surface area (Å²) in [4.78, 5) is 28.7. The van der Waals surface area contributed by atoms with E-state index in [2.05, 4.69) is 10.4 Å². The fraction of sp³-hybridized carbons (Fsp3) is 0.500. The number of carbonyl (C=O) groups excluding carboxylic acids is 2. The average molecular weight is 398 g/mol. The van der Waals surface area contributed by atoms with Gasteiger partial charge in [-0.15, -0.1) is 0 Å². The summed E-state index contributed by atoms with van der Waals surface area (Å²) in [6.45, 7) is 12.4. The highest BCUT2D eigenvalue weighted by molar-refractivity contribution is 5.82. The van der Waals surface area contributed by atoms with Gasteiger partial charge in [-0.2, -0.15) is 5.10 Å². The van der Waals surface area contributed by atoms with Crippen LogP contribution in [0, 0.1) is 19.3 Å². The van der Waals surface area contributed by atoms with Crippen molar-refractivity contribution >= 4 is 11.9 Å². The van der Waals surface area contributed by atoms with Gasteiger partial charge in [0, 0.05) is 49.4 Å². The molecule has 29 heavy (non-hydrogen) atoms. The fourth-order valence-electron chi connectivity index (χ4n) is 3.61. The highest BCUT2D eigenvalue weighted by atomic mass is 16.2. The van der Waals surface area contributed by atoms with E-state index < -0.39 is 5.41 Å². The summed E-state index contributed by atoms with van der Waals surface area (Å²) in [5.41, 5.74) is 3.58. The van der Waals surface area contributed by atoms with Crippen molar-refractivity contribution in [3.05, 3.63) is 47.3 Å². The van der Waals surface area contributed by atoms with Gasteiger partial charge in [-0.05, 0) is 26.0 Å². The van der Waals surface area contributed by atoms with Gasteiger partial charge in [0.2, 0.25) is 5.91 Å². The average Bonchev–Trinajstić information content (AvgIpc) is 2.99. The minimum atomic E-state index is -0.390. The third-order valence-electron chi connectivity index (χ3n) is 5.35. The summed E-state index contributed by atoms with van der Waals surface area (Å²) in [5, 5.41) is 7.65. The molecular formula is C22H31N5O2. The van der Waals surface area contributed by atoms with Crippen LogP contribution in [0.5, 0.6) is 0 Å². The van der Waals surface area contributed by atoms with Gasteiger partial charge in [0.05, 0.1) is 11.4 Å². The van der Waals surface area contributed by atoms with E-state index >= 15 is 0 Å². The number of nitrogens with zero attached hydrogens (tertiary/aromatic N) is 4. The van der Waals surface area contributed by atoms with Crippen molar-refractivity contribution < 1.29 is 9.59 Å². The number of benzene rings is 1. The van der Waals surface area contributed by atoms with E-state index in [1.807, 2.05) is 74.5 Å². The van der Waals surface area contributed by atoms with Gasteiger partial charge in [0.15, 0.2) is 0 Å². The Balaban J connectivity index is 1.58. The number of nitrogens with one attached hydrogen (secondary N) is 1. The quantitative estimate of drug-likeness (QED) is 0.866. The Kier molecular flexibility index (Phi) is 5.96. The van der Waals surface area contributed by atoms with Crippen LogP contribution in [0.3, 0.4) is 0 Å². The summed E-state index contributed by atoms with van der Waals surface area (Å²) >= 11 is 0. The highest BCUT2D eigenvalue weighted by Gasteiger charge is 2.30. The van der Waals surface area contributed by atoms with E-state index in [0.717, 1.165) is 22.6 Å². The second-order valence-electron chi connectivity index (χ2n) is 8.58. The molecule has 0 spiro atoms. The second kappa shape index (κ2) is 8.27. The van der Waals surface area contributed by atoms with E-state index in [4.69, 9.17) is 0 Å². The Morgan fingerprint density at radius 2 is 1.59 bits per heavy atom. The molecule has 0 unspecified atom stereocenters. The van der Waals surface area contributed by atoms with Crippen molar-refractivity contribution in [2.75, 3.05) is 26.2 Å². The zero-order chi connectivity index (χ0) is 21.2. The molecule has 1 N–H and O–H groups in total. The molecule has 1 saturated heterocycles. The Bertz CT molecular complexity index is 875. The number of carbonyl (C=O) groups is 2. The lowest BCUT2D eigenvalue weighted by atomic mass is 9.94. The minimum absolute atomic E-state index is 0.0980. The van der Waals surface area contributed by atoms with Crippen LogP contribution in [0.1, 0.15) is 37.7 Å². The molecule has 0 atom stereocenters. The lowest BCUT2D eigenvalue weighted by Gasteiger charge is -2.37. The van der Waals surface area contributed by atoms with E-state index in [9.17, 15) is 9.59 Å². The lowest BCUT2D eigenvalue weighted by molar-refractivity contribution is -0.140. The number of piperazine rings is 1. The number of hydrogen-bond acceptors (Lipinski definition) is 3. The van der Waals surface area contributed by atoms with Gasteiger partial charge in [-0.3, -0.25) is 4.79 Å². The monoisotopic (exact) mass is 397 g/mol. The van der Waals surface area contributed by atoms with E-state index in [0.29, 0.717) is 32.7 Å². The fourth-order valence-corrected chi connectivity index (χ4v) is 3.61. The second-order valence-corrected chi connectivity index (χ2v) is 8.58. The van der Waals surface area contributed by atoms with Crippen molar-refractivity contribution in [2.45, 2.75) is 41.2 Å². The topological polar surface area (TPSA) is 70.5 Å². The van der Waals surface area contributed by atoms with Crippen molar-refractivity contribution in [3.63, 3.8) is 0 Å². The van der Waals surface area contributed by atoms with Crippen LogP contribution in [-0.4, -0.2) is 57.7 Å². The Hall–Kier alpha value is -2.83. The molecule has 2 heterocycles. The summed E-state index contributed by atoms with van der Waals surface area (Å²) in [6.07, 6.45) is 0. The van der Waals surface area contributed by atoms with Crippen LogP contribution < -0.4 is 5.32 Å². The molecule has 0 bridgehead atoms. The molecule has 1 fully saturated rings. The van der Waals surface area contributed by atoms with E-state index in [1.165, 1.54) is 0 Å². The van der Waals surface area contributed by atoms with Gasteiger partial charge in [-0.25, -0.2) is 9.48 Å². The smallest absolute Gasteiger partial charge is 0.317 e. The predicted molar refractivity (Wildman–Crippen MR) is 113 cm³/mol. The summed E-state index contributed by atoms with van der Waals surface area (Å²) in [7, 11) is 0. The molecule has 0 aliphatic carbocycles. The zero-order valence-corrected chi connectivity index (χ0v) is 18.0. The highest BCUT2D eigenvalue weighted by Crippen LogP contribution is 2.19. The molecule has 0 radical (unpaired) electrons. The minimum Gasteiger partial charge on any atom is -0.339 e. The maximum absolute atomic E-state index is 12.6. The molecule has 1 aromatic carbocycles. The predicted octanol–water partition coefficient (Wildman–Crippen LogP) is 2.89. The standard InChI is InChI=1S/C22H31N5O2/c1-16-19(17(2)27(24-16)18-9-7-6-8-10-18)15-23-21(29)26-13-11-25(12-14-26)20(28)22(3,4)5/h6-10H,11-15H2,1-5H3,(H,23,29). The first-order chi connectivity index (χ1) is 13.7. The number of rotatable bonds is 3. The van der Waals surface area contributed by atoms with Gasteiger partial charge in [0.1, 0.15) is 0 Å². The molecule has 1 aliphatic heterocycles. The normalized spacial score (nSPS) is 14.8. The third-order valence-corrected chi connectivity index (χ3v) is 5.35. The van der Waals surface area contributed by atoms with Gasteiger partial charge in [-0.1, -0.05) is 39.0 Å². The molecule has 3 rings (SSSR count). The Labute approximate surface area is 172 Å². The number of aryl methyl sites for hydroxylation is 1. The molecular weight excluding hydrogens is 366 g/mol. The van der Waals surface area contributed by atoms with E-state index in [1.54, 1.807) is 4.90 Å². The van der Waals surface area contributed by atoms with Crippen molar-refractivity contribution in [1.82, 2.24) is 24.9 Å². The molecule has 2 aromatic rings. The van der Waals surface area contributed by atoms with Crippen LogP contribution in [0.25, 0.3) is 5.69 Å². The number of para-hydroxylation sites is 1. The number of aromatic nitrogens is 2.